The zero-order valence-corrected chi connectivity index (χ0v) is 13.5. The first kappa shape index (κ1) is 16.3. The van der Waals surface area contributed by atoms with E-state index >= 15 is 0 Å². The number of rotatable bonds is 8. The van der Waals surface area contributed by atoms with Gasteiger partial charge in [0, 0.05) is 25.9 Å². The van der Waals surface area contributed by atoms with Crippen LogP contribution in [0.1, 0.15) is 65.2 Å². The summed E-state index contributed by atoms with van der Waals surface area (Å²) in [6.07, 6.45) is 10.1. The largest absolute Gasteiger partial charge is 0.382 e. The van der Waals surface area contributed by atoms with Gasteiger partial charge in [-0.25, -0.2) is 0 Å². The van der Waals surface area contributed by atoms with Gasteiger partial charge in [0.15, 0.2) is 0 Å². The maximum absolute atomic E-state index is 6.18. The summed E-state index contributed by atoms with van der Waals surface area (Å²) in [6.45, 7) is 8.14. The molecule has 0 radical (unpaired) electrons. The zero-order valence-electron chi connectivity index (χ0n) is 13.5. The summed E-state index contributed by atoms with van der Waals surface area (Å²) in [5.74, 6) is 0.772. The number of nitrogens with one attached hydrogen (secondary N) is 1. The molecule has 2 fully saturated rings. The molecule has 2 atom stereocenters. The van der Waals surface area contributed by atoms with Crippen molar-refractivity contribution in [3.05, 3.63) is 0 Å². The van der Waals surface area contributed by atoms with Crippen LogP contribution in [-0.2, 0) is 9.47 Å². The van der Waals surface area contributed by atoms with E-state index in [2.05, 4.69) is 19.2 Å². The first-order valence-corrected chi connectivity index (χ1v) is 8.75. The highest BCUT2D eigenvalue weighted by Crippen LogP contribution is 2.43. The van der Waals surface area contributed by atoms with Crippen LogP contribution in [0.15, 0.2) is 0 Å². The van der Waals surface area contributed by atoms with Crippen molar-refractivity contribution in [1.82, 2.24) is 5.32 Å². The maximum atomic E-state index is 6.18. The van der Waals surface area contributed by atoms with Gasteiger partial charge in [0.1, 0.15) is 0 Å². The van der Waals surface area contributed by atoms with Gasteiger partial charge in [-0.2, -0.15) is 0 Å². The van der Waals surface area contributed by atoms with Crippen LogP contribution in [-0.4, -0.2) is 38.0 Å². The van der Waals surface area contributed by atoms with E-state index in [1.54, 1.807) is 0 Å². The third kappa shape index (κ3) is 4.44. The van der Waals surface area contributed by atoms with Crippen molar-refractivity contribution < 1.29 is 9.47 Å². The van der Waals surface area contributed by atoms with Crippen LogP contribution >= 0.6 is 0 Å². The lowest BCUT2D eigenvalue weighted by atomic mass is 9.79. The Bertz CT molecular complexity index is 264. The van der Waals surface area contributed by atoms with Gasteiger partial charge in [-0.05, 0) is 57.9 Å². The number of ether oxygens (including phenoxy) is 2. The normalized spacial score (nSPS) is 27.0. The second kappa shape index (κ2) is 8.35. The lowest BCUT2D eigenvalue weighted by Crippen LogP contribution is -2.46. The van der Waals surface area contributed by atoms with E-state index in [4.69, 9.17) is 9.47 Å². The molecule has 1 saturated carbocycles. The van der Waals surface area contributed by atoms with Gasteiger partial charge in [-0.1, -0.05) is 19.8 Å². The second-order valence-electron chi connectivity index (χ2n) is 6.54. The van der Waals surface area contributed by atoms with Gasteiger partial charge in [0.2, 0.25) is 0 Å². The van der Waals surface area contributed by atoms with Gasteiger partial charge >= 0.3 is 0 Å². The molecule has 1 heterocycles. The SMILES string of the molecule is CCCNC(CCOCC)C1CCOC2(CCCC2)C1. The molecular weight excluding hydrogens is 250 g/mol. The fourth-order valence-electron chi connectivity index (χ4n) is 3.97. The molecule has 1 spiro atoms. The van der Waals surface area contributed by atoms with Gasteiger partial charge in [0.05, 0.1) is 5.60 Å². The molecule has 0 aromatic carbocycles. The third-order valence-electron chi connectivity index (χ3n) is 5.05. The molecule has 2 unspecified atom stereocenters. The molecule has 1 N–H and O–H groups in total. The van der Waals surface area contributed by atoms with E-state index in [1.165, 1.54) is 44.9 Å². The van der Waals surface area contributed by atoms with Gasteiger partial charge in [-0.3, -0.25) is 0 Å². The molecule has 20 heavy (non-hydrogen) atoms. The topological polar surface area (TPSA) is 30.5 Å². The van der Waals surface area contributed by atoms with Crippen molar-refractivity contribution in [2.75, 3.05) is 26.4 Å². The lowest BCUT2D eigenvalue weighted by molar-refractivity contribution is -0.0990. The fourth-order valence-corrected chi connectivity index (χ4v) is 3.97. The molecule has 1 aliphatic carbocycles. The Morgan fingerprint density at radius 3 is 2.80 bits per heavy atom. The van der Waals surface area contributed by atoms with Crippen LogP contribution in [0.4, 0.5) is 0 Å². The smallest absolute Gasteiger partial charge is 0.0685 e. The standard InChI is InChI=1S/C17H33NO2/c1-3-11-18-16(8-12-19-4-2)15-7-13-20-17(14-15)9-5-6-10-17/h15-16,18H,3-14H2,1-2H3. The van der Waals surface area contributed by atoms with E-state index in [0.29, 0.717) is 6.04 Å². The molecule has 3 heteroatoms. The van der Waals surface area contributed by atoms with Crippen LogP contribution < -0.4 is 5.32 Å². The summed E-state index contributed by atoms with van der Waals surface area (Å²) in [6, 6.07) is 0.614. The summed E-state index contributed by atoms with van der Waals surface area (Å²) in [5.41, 5.74) is 0.237. The average molecular weight is 283 g/mol. The average Bonchev–Trinajstić information content (AvgIpc) is 2.90. The highest BCUT2D eigenvalue weighted by atomic mass is 16.5. The molecular formula is C17H33NO2. The molecule has 2 rings (SSSR count). The van der Waals surface area contributed by atoms with E-state index in [-0.39, 0.29) is 5.60 Å². The van der Waals surface area contributed by atoms with E-state index in [9.17, 15) is 0 Å². The first-order valence-electron chi connectivity index (χ1n) is 8.75. The van der Waals surface area contributed by atoms with E-state index in [1.807, 2.05) is 0 Å². The van der Waals surface area contributed by atoms with Crippen molar-refractivity contribution in [3.63, 3.8) is 0 Å². The Balaban J connectivity index is 1.88. The molecule has 1 aliphatic heterocycles. The summed E-state index contributed by atoms with van der Waals surface area (Å²) in [4.78, 5) is 0. The molecule has 3 nitrogen and oxygen atoms in total. The van der Waals surface area contributed by atoms with Crippen LogP contribution in [0, 0.1) is 5.92 Å². The first-order chi connectivity index (χ1) is 9.79. The highest BCUT2D eigenvalue weighted by molar-refractivity contribution is 4.94. The van der Waals surface area contributed by atoms with E-state index in [0.717, 1.165) is 38.7 Å². The predicted octanol–water partition coefficient (Wildman–Crippen LogP) is 3.52. The minimum absolute atomic E-state index is 0.237. The predicted molar refractivity (Wildman–Crippen MR) is 83.1 cm³/mol. The Morgan fingerprint density at radius 2 is 2.10 bits per heavy atom. The van der Waals surface area contributed by atoms with Gasteiger partial charge in [-0.15, -0.1) is 0 Å². The van der Waals surface area contributed by atoms with Crippen molar-refractivity contribution in [1.29, 1.82) is 0 Å². The van der Waals surface area contributed by atoms with Crippen molar-refractivity contribution >= 4 is 0 Å². The van der Waals surface area contributed by atoms with Crippen LogP contribution in [0.25, 0.3) is 0 Å². The van der Waals surface area contributed by atoms with Crippen LogP contribution in [0.2, 0.25) is 0 Å². The summed E-state index contributed by atoms with van der Waals surface area (Å²) in [7, 11) is 0. The highest BCUT2D eigenvalue weighted by Gasteiger charge is 2.41. The molecule has 1 saturated heterocycles. The van der Waals surface area contributed by atoms with Gasteiger partial charge < -0.3 is 14.8 Å². The molecule has 0 aromatic heterocycles. The summed E-state index contributed by atoms with van der Waals surface area (Å²) >= 11 is 0. The van der Waals surface area contributed by atoms with Crippen molar-refractivity contribution in [2.24, 2.45) is 5.92 Å². The molecule has 0 aromatic rings. The van der Waals surface area contributed by atoms with Crippen molar-refractivity contribution in [3.8, 4) is 0 Å². The molecule has 0 amide bonds. The van der Waals surface area contributed by atoms with Gasteiger partial charge in [0.25, 0.3) is 0 Å². The molecule has 118 valence electrons. The van der Waals surface area contributed by atoms with Crippen LogP contribution in [0.5, 0.6) is 0 Å². The summed E-state index contributed by atoms with van der Waals surface area (Å²) in [5, 5.41) is 3.77. The minimum atomic E-state index is 0.237. The molecule has 0 bridgehead atoms. The Morgan fingerprint density at radius 1 is 1.30 bits per heavy atom. The van der Waals surface area contributed by atoms with Crippen LogP contribution in [0.3, 0.4) is 0 Å². The maximum Gasteiger partial charge on any atom is 0.0685 e. The number of hydrogen-bond acceptors (Lipinski definition) is 3. The molecule has 2 aliphatic rings. The summed E-state index contributed by atoms with van der Waals surface area (Å²) < 4.78 is 11.8. The number of hydrogen-bond donors (Lipinski definition) is 1. The second-order valence-corrected chi connectivity index (χ2v) is 6.54. The third-order valence-corrected chi connectivity index (χ3v) is 5.05. The Hall–Kier alpha value is -0.120. The quantitative estimate of drug-likeness (QED) is 0.691. The van der Waals surface area contributed by atoms with E-state index < -0.39 is 0 Å². The Labute approximate surface area is 124 Å². The lowest BCUT2D eigenvalue weighted by Gasteiger charge is -2.41. The monoisotopic (exact) mass is 283 g/mol. The van der Waals surface area contributed by atoms with Crippen molar-refractivity contribution in [2.45, 2.75) is 76.9 Å². The Kier molecular flexibility index (Phi) is 6.79. The minimum Gasteiger partial charge on any atom is -0.382 e. The zero-order chi connectivity index (χ0) is 14.3. The fraction of sp³-hybridized carbons (Fsp3) is 1.00.